The molecule has 0 unspecified atom stereocenters. The molecule has 3 atom stereocenters. The monoisotopic (exact) mass is 378 g/mol. The molecule has 2 fully saturated rings. The lowest BCUT2D eigenvalue weighted by Crippen LogP contribution is -2.47. The number of likely N-dealkylation sites (tertiary alicyclic amines) is 2. The third-order valence-electron chi connectivity index (χ3n) is 6.48. The summed E-state index contributed by atoms with van der Waals surface area (Å²) in [5.74, 6) is 2.06. The van der Waals surface area contributed by atoms with E-state index in [1.54, 1.807) is 14.0 Å². The molecule has 2 aliphatic rings. The Hall–Kier alpha value is -2.33. The Morgan fingerprint density at radius 1 is 1.14 bits per heavy atom. The molecule has 2 heterocycles. The number of para-hydroxylation sites is 1. The van der Waals surface area contributed by atoms with Gasteiger partial charge >= 0.3 is 0 Å². The first kappa shape index (κ1) is 19.0. The molecular weight excluding hydrogens is 348 g/mol. The van der Waals surface area contributed by atoms with Crippen molar-refractivity contribution < 1.29 is 9.53 Å². The van der Waals surface area contributed by atoms with Gasteiger partial charge in [-0.2, -0.15) is 0 Å². The van der Waals surface area contributed by atoms with E-state index in [4.69, 9.17) is 4.74 Å². The van der Waals surface area contributed by atoms with Gasteiger partial charge in [-0.15, -0.1) is 0 Å². The van der Waals surface area contributed by atoms with E-state index < -0.39 is 0 Å². The van der Waals surface area contributed by atoms with Crippen molar-refractivity contribution in [1.29, 1.82) is 0 Å². The molecule has 0 aromatic heterocycles. The molecule has 4 heteroatoms. The zero-order valence-electron chi connectivity index (χ0n) is 17.1. The van der Waals surface area contributed by atoms with Gasteiger partial charge in [-0.3, -0.25) is 9.69 Å². The van der Waals surface area contributed by atoms with Crippen molar-refractivity contribution in [3.63, 3.8) is 0 Å². The molecule has 0 saturated carbocycles. The van der Waals surface area contributed by atoms with Crippen LogP contribution in [-0.4, -0.2) is 48.5 Å². The molecule has 1 amide bonds. The minimum absolute atomic E-state index is 0.211. The molecule has 2 aromatic carbocycles. The summed E-state index contributed by atoms with van der Waals surface area (Å²) in [6.45, 7) is 7.64. The molecule has 0 bridgehead atoms. The lowest BCUT2D eigenvalue weighted by atomic mass is 9.81. The maximum absolute atomic E-state index is 12.3. The van der Waals surface area contributed by atoms with Crippen LogP contribution in [-0.2, 0) is 11.3 Å². The molecule has 28 heavy (non-hydrogen) atoms. The number of carbonyl (C=O) groups is 1. The number of benzene rings is 2. The van der Waals surface area contributed by atoms with Crippen LogP contribution in [0.4, 0.5) is 0 Å². The molecule has 2 saturated heterocycles. The number of aryl methyl sites for hydroxylation is 1. The third kappa shape index (κ3) is 3.66. The van der Waals surface area contributed by atoms with Crippen LogP contribution in [0.15, 0.2) is 48.5 Å². The summed E-state index contributed by atoms with van der Waals surface area (Å²) < 4.78 is 5.55. The first-order chi connectivity index (χ1) is 13.6. The van der Waals surface area contributed by atoms with Crippen molar-refractivity contribution in [3.8, 4) is 5.75 Å². The van der Waals surface area contributed by atoms with Crippen LogP contribution in [0.2, 0.25) is 0 Å². The fourth-order valence-electron chi connectivity index (χ4n) is 5.14. The van der Waals surface area contributed by atoms with Crippen LogP contribution in [0, 0.1) is 12.8 Å². The van der Waals surface area contributed by atoms with Gasteiger partial charge in [0.05, 0.1) is 7.11 Å². The zero-order chi connectivity index (χ0) is 19.7. The van der Waals surface area contributed by atoms with Gasteiger partial charge in [0, 0.05) is 56.5 Å². The van der Waals surface area contributed by atoms with Crippen LogP contribution >= 0.6 is 0 Å². The predicted octanol–water partition coefficient (Wildman–Crippen LogP) is 3.84. The van der Waals surface area contributed by atoms with E-state index in [-0.39, 0.29) is 5.91 Å². The highest BCUT2D eigenvalue weighted by Crippen LogP contribution is 2.42. The van der Waals surface area contributed by atoms with E-state index >= 15 is 0 Å². The van der Waals surface area contributed by atoms with Crippen molar-refractivity contribution in [1.82, 2.24) is 9.80 Å². The summed E-state index contributed by atoms with van der Waals surface area (Å²) in [6, 6.07) is 17.5. The van der Waals surface area contributed by atoms with E-state index in [2.05, 4.69) is 53.1 Å². The number of fused-ring (bicyclic) bond motifs is 1. The van der Waals surface area contributed by atoms with Gasteiger partial charge in [0.2, 0.25) is 5.91 Å². The molecule has 0 spiro atoms. The number of hydrogen-bond acceptors (Lipinski definition) is 3. The highest BCUT2D eigenvalue weighted by molar-refractivity contribution is 5.74. The molecule has 4 rings (SSSR count). The molecule has 2 aromatic rings. The molecule has 0 aliphatic carbocycles. The van der Waals surface area contributed by atoms with Gasteiger partial charge in [0.1, 0.15) is 5.75 Å². The second-order valence-electron chi connectivity index (χ2n) is 8.26. The average Bonchev–Trinajstić information content (AvgIpc) is 3.07. The largest absolute Gasteiger partial charge is 0.496 e. The van der Waals surface area contributed by atoms with Gasteiger partial charge in [-0.1, -0.05) is 48.0 Å². The van der Waals surface area contributed by atoms with Gasteiger partial charge in [0.15, 0.2) is 0 Å². The standard InChI is InChI=1S/C24H30N2O2/c1-17-7-6-9-19(13-17)21-16-26(18(2)27)23-11-12-25(15-22(21)23)14-20-8-4-5-10-24(20)28-3/h4-10,13,21-23H,11-12,14-16H2,1-3H3/t21-,22-,23-/m0/s1. The highest BCUT2D eigenvalue weighted by atomic mass is 16.5. The SMILES string of the molecule is COc1ccccc1CN1CC[C@H]2[C@@H](C1)[C@H](c1cccc(C)c1)CN2C(C)=O. The number of methoxy groups -OCH3 is 1. The lowest BCUT2D eigenvalue weighted by Gasteiger charge is -2.39. The van der Waals surface area contributed by atoms with Gasteiger partial charge in [-0.05, 0) is 25.0 Å². The van der Waals surface area contributed by atoms with E-state index in [1.807, 2.05) is 12.1 Å². The van der Waals surface area contributed by atoms with E-state index in [1.165, 1.54) is 16.7 Å². The van der Waals surface area contributed by atoms with E-state index in [0.29, 0.717) is 17.9 Å². The summed E-state index contributed by atoms with van der Waals surface area (Å²) in [5.41, 5.74) is 3.90. The van der Waals surface area contributed by atoms with E-state index in [9.17, 15) is 4.79 Å². The normalized spacial score (nSPS) is 24.8. The van der Waals surface area contributed by atoms with Crippen LogP contribution < -0.4 is 4.74 Å². The molecule has 2 aliphatic heterocycles. The topological polar surface area (TPSA) is 32.8 Å². The Labute approximate surface area is 168 Å². The lowest BCUT2D eigenvalue weighted by molar-refractivity contribution is -0.130. The van der Waals surface area contributed by atoms with Gasteiger partial charge in [-0.25, -0.2) is 0 Å². The Morgan fingerprint density at radius 3 is 2.71 bits per heavy atom. The Bertz CT molecular complexity index is 850. The second kappa shape index (κ2) is 7.96. The summed E-state index contributed by atoms with van der Waals surface area (Å²) in [6.07, 6.45) is 1.04. The molecule has 148 valence electrons. The Kier molecular flexibility index (Phi) is 5.40. The minimum atomic E-state index is 0.211. The quantitative estimate of drug-likeness (QED) is 0.810. The minimum Gasteiger partial charge on any atom is -0.496 e. The predicted molar refractivity (Wildman–Crippen MR) is 111 cm³/mol. The summed E-state index contributed by atoms with van der Waals surface area (Å²) in [5, 5.41) is 0. The number of carbonyl (C=O) groups excluding carboxylic acids is 1. The first-order valence-corrected chi connectivity index (χ1v) is 10.2. The smallest absolute Gasteiger partial charge is 0.219 e. The fourth-order valence-corrected chi connectivity index (χ4v) is 5.14. The van der Waals surface area contributed by atoms with Gasteiger partial charge < -0.3 is 9.64 Å². The number of rotatable bonds is 4. The summed E-state index contributed by atoms with van der Waals surface area (Å²) in [7, 11) is 1.74. The second-order valence-corrected chi connectivity index (χ2v) is 8.26. The summed E-state index contributed by atoms with van der Waals surface area (Å²) >= 11 is 0. The Morgan fingerprint density at radius 2 is 1.96 bits per heavy atom. The molecule has 4 nitrogen and oxygen atoms in total. The maximum atomic E-state index is 12.3. The molecule has 0 radical (unpaired) electrons. The van der Waals surface area contributed by atoms with E-state index in [0.717, 1.165) is 38.3 Å². The Balaban J connectivity index is 1.57. The van der Waals surface area contributed by atoms with Crippen molar-refractivity contribution in [2.45, 2.75) is 38.8 Å². The van der Waals surface area contributed by atoms with Crippen LogP contribution in [0.5, 0.6) is 5.75 Å². The van der Waals surface area contributed by atoms with Crippen molar-refractivity contribution in [3.05, 3.63) is 65.2 Å². The van der Waals surface area contributed by atoms with Crippen molar-refractivity contribution >= 4 is 5.91 Å². The number of amides is 1. The summed E-state index contributed by atoms with van der Waals surface area (Å²) in [4.78, 5) is 17.0. The number of nitrogens with zero attached hydrogens (tertiary/aromatic N) is 2. The van der Waals surface area contributed by atoms with Crippen molar-refractivity contribution in [2.75, 3.05) is 26.7 Å². The highest BCUT2D eigenvalue weighted by Gasteiger charge is 2.46. The number of ether oxygens (including phenoxy) is 1. The van der Waals surface area contributed by atoms with Crippen LogP contribution in [0.3, 0.4) is 0 Å². The maximum Gasteiger partial charge on any atom is 0.219 e. The fraction of sp³-hybridized carbons (Fsp3) is 0.458. The number of hydrogen-bond donors (Lipinski definition) is 0. The van der Waals surface area contributed by atoms with Crippen LogP contribution in [0.1, 0.15) is 36.0 Å². The third-order valence-corrected chi connectivity index (χ3v) is 6.48. The number of piperidine rings is 1. The van der Waals surface area contributed by atoms with Crippen LogP contribution in [0.25, 0.3) is 0 Å². The van der Waals surface area contributed by atoms with Gasteiger partial charge in [0.25, 0.3) is 0 Å². The van der Waals surface area contributed by atoms with Crippen molar-refractivity contribution in [2.24, 2.45) is 5.92 Å². The molecular formula is C24H30N2O2. The average molecular weight is 379 g/mol. The molecule has 0 N–H and O–H groups in total. The first-order valence-electron chi connectivity index (χ1n) is 10.2. The zero-order valence-corrected chi connectivity index (χ0v) is 17.1.